The molecule has 1 amide bonds. The van der Waals surface area contributed by atoms with E-state index in [1.807, 2.05) is 54.3 Å². The molecule has 26 heavy (non-hydrogen) atoms. The van der Waals surface area contributed by atoms with Crippen LogP contribution in [0.4, 0.5) is 0 Å². The van der Waals surface area contributed by atoms with Crippen LogP contribution in [-0.4, -0.2) is 41.6 Å². The van der Waals surface area contributed by atoms with E-state index in [0.717, 1.165) is 18.4 Å². The highest BCUT2D eigenvalue weighted by Crippen LogP contribution is 2.53. The van der Waals surface area contributed by atoms with Gasteiger partial charge in [0.2, 0.25) is 5.91 Å². The first-order valence-corrected chi connectivity index (χ1v) is 9.46. The van der Waals surface area contributed by atoms with Crippen molar-refractivity contribution in [1.29, 1.82) is 0 Å². The second kappa shape index (κ2) is 6.54. The number of fused-ring (bicyclic) bond motifs is 1. The zero-order valence-corrected chi connectivity index (χ0v) is 15.3. The van der Waals surface area contributed by atoms with Gasteiger partial charge < -0.3 is 14.4 Å². The van der Waals surface area contributed by atoms with Crippen LogP contribution in [0.5, 0.6) is 0 Å². The van der Waals surface area contributed by atoms with Gasteiger partial charge in [-0.3, -0.25) is 9.59 Å². The third-order valence-electron chi connectivity index (χ3n) is 5.89. The molecule has 1 aromatic carbocycles. The van der Waals surface area contributed by atoms with Crippen molar-refractivity contribution in [2.45, 2.75) is 44.4 Å². The van der Waals surface area contributed by atoms with E-state index in [-0.39, 0.29) is 24.0 Å². The van der Waals surface area contributed by atoms with Gasteiger partial charge in [0, 0.05) is 0 Å². The predicted molar refractivity (Wildman–Crippen MR) is 96.2 cm³/mol. The van der Waals surface area contributed by atoms with Gasteiger partial charge in [-0.15, -0.1) is 0 Å². The lowest BCUT2D eigenvalue weighted by Gasteiger charge is -2.27. The normalized spacial score (nSPS) is 32.8. The van der Waals surface area contributed by atoms with Crippen LogP contribution in [0.25, 0.3) is 0 Å². The molecule has 1 aromatic rings. The molecule has 5 heteroatoms. The molecule has 0 aromatic heterocycles. The number of carbonyl (C=O) groups excluding carboxylic acids is 2. The molecule has 5 atom stereocenters. The van der Waals surface area contributed by atoms with Gasteiger partial charge in [-0.05, 0) is 18.9 Å². The summed E-state index contributed by atoms with van der Waals surface area (Å²) in [4.78, 5) is 27.7. The van der Waals surface area contributed by atoms with Gasteiger partial charge in [0.1, 0.15) is 11.5 Å². The summed E-state index contributed by atoms with van der Waals surface area (Å²) in [5.74, 6) is -1.32. The third kappa shape index (κ3) is 2.57. The molecule has 3 aliphatic rings. The summed E-state index contributed by atoms with van der Waals surface area (Å²) < 4.78 is 11.6. The zero-order valence-electron chi connectivity index (χ0n) is 15.3. The molecule has 3 heterocycles. The van der Waals surface area contributed by atoms with Gasteiger partial charge in [-0.2, -0.15) is 0 Å². The molecule has 5 nitrogen and oxygen atoms in total. The van der Waals surface area contributed by atoms with Crippen LogP contribution in [-0.2, 0) is 19.1 Å². The van der Waals surface area contributed by atoms with Crippen molar-refractivity contribution in [3.63, 3.8) is 0 Å². The number of esters is 1. The minimum Gasteiger partial charge on any atom is -0.465 e. The van der Waals surface area contributed by atoms with E-state index in [2.05, 4.69) is 6.92 Å². The van der Waals surface area contributed by atoms with Crippen LogP contribution < -0.4 is 0 Å². The number of hydrogen-bond acceptors (Lipinski definition) is 4. The van der Waals surface area contributed by atoms with Crippen molar-refractivity contribution >= 4 is 11.9 Å². The fourth-order valence-corrected chi connectivity index (χ4v) is 4.45. The summed E-state index contributed by atoms with van der Waals surface area (Å²) in [6.07, 6.45) is 5.36. The SMILES string of the molecule is CCCCOC(=O)[C@@H]1[C@H]2C(=O)N([C@H](C)c3ccccc3)C[C@]23C=C[C@H]1O3. The van der Waals surface area contributed by atoms with E-state index in [0.29, 0.717) is 13.2 Å². The van der Waals surface area contributed by atoms with Gasteiger partial charge >= 0.3 is 5.97 Å². The minimum absolute atomic E-state index is 0.00866. The van der Waals surface area contributed by atoms with E-state index in [1.54, 1.807) is 0 Å². The molecule has 2 saturated heterocycles. The Morgan fingerprint density at radius 3 is 2.88 bits per heavy atom. The number of benzene rings is 1. The number of unbranched alkanes of at least 4 members (excludes halogenated alkanes) is 1. The Morgan fingerprint density at radius 2 is 2.15 bits per heavy atom. The van der Waals surface area contributed by atoms with Gasteiger partial charge in [-0.25, -0.2) is 0 Å². The predicted octanol–water partition coefficient (Wildman–Crippen LogP) is 2.87. The fraction of sp³-hybridized carbons (Fsp3) is 0.524. The van der Waals surface area contributed by atoms with Gasteiger partial charge in [0.05, 0.1) is 31.2 Å². The maximum absolute atomic E-state index is 13.2. The van der Waals surface area contributed by atoms with Crippen LogP contribution in [0.1, 0.15) is 38.3 Å². The van der Waals surface area contributed by atoms with E-state index < -0.39 is 17.4 Å². The summed E-state index contributed by atoms with van der Waals surface area (Å²) in [5, 5.41) is 0. The second-order valence-corrected chi connectivity index (χ2v) is 7.47. The smallest absolute Gasteiger partial charge is 0.312 e. The largest absolute Gasteiger partial charge is 0.465 e. The summed E-state index contributed by atoms with van der Waals surface area (Å²) in [6, 6.07) is 9.90. The standard InChI is InChI=1S/C21H25NO4/c1-3-4-12-25-20(24)17-16-10-11-21(26-16)13-22(19(23)18(17)21)14(2)15-8-6-5-7-9-15/h5-11,14,16-18H,3-4,12-13H2,1-2H3/t14-,16-,17+,18+,21-/m1/s1. The fourth-order valence-electron chi connectivity index (χ4n) is 4.45. The molecule has 0 radical (unpaired) electrons. The maximum atomic E-state index is 13.2. The average Bonchev–Trinajstić information content (AvgIpc) is 3.30. The van der Waals surface area contributed by atoms with Crippen LogP contribution >= 0.6 is 0 Å². The highest BCUT2D eigenvalue weighted by Gasteiger charge is 2.67. The molecule has 3 aliphatic heterocycles. The number of hydrogen-bond donors (Lipinski definition) is 0. The van der Waals surface area contributed by atoms with E-state index in [4.69, 9.17) is 9.47 Å². The monoisotopic (exact) mass is 355 g/mol. The number of carbonyl (C=O) groups is 2. The number of likely N-dealkylation sites (tertiary alicyclic amines) is 1. The summed E-state index contributed by atoms with van der Waals surface area (Å²) in [7, 11) is 0. The van der Waals surface area contributed by atoms with E-state index >= 15 is 0 Å². The third-order valence-corrected chi connectivity index (χ3v) is 5.89. The molecule has 2 bridgehead atoms. The molecule has 1 spiro atoms. The van der Waals surface area contributed by atoms with Crippen LogP contribution in [0.3, 0.4) is 0 Å². The molecular weight excluding hydrogens is 330 g/mol. The van der Waals surface area contributed by atoms with E-state index in [1.165, 1.54) is 0 Å². The Hall–Kier alpha value is -2.14. The Balaban J connectivity index is 1.56. The lowest BCUT2D eigenvalue weighted by molar-refractivity contribution is -0.154. The Bertz CT molecular complexity index is 731. The Morgan fingerprint density at radius 1 is 1.38 bits per heavy atom. The van der Waals surface area contributed by atoms with Crippen molar-refractivity contribution < 1.29 is 19.1 Å². The highest BCUT2D eigenvalue weighted by molar-refractivity contribution is 5.91. The molecule has 0 saturated carbocycles. The topological polar surface area (TPSA) is 55.8 Å². The number of rotatable bonds is 6. The lowest BCUT2D eigenvalue weighted by atomic mass is 9.77. The molecular formula is C21H25NO4. The molecule has 0 unspecified atom stereocenters. The van der Waals surface area contributed by atoms with Crippen molar-refractivity contribution in [1.82, 2.24) is 4.90 Å². The summed E-state index contributed by atoms with van der Waals surface area (Å²) in [6.45, 7) is 4.96. The van der Waals surface area contributed by atoms with Crippen molar-refractivity contribution in [3.05, 3.63) is 48.0 Å². The van der Waals surface area contributed by atoms with Crippen LogP contribution in [0.2, 0.25) is 0 Å². The molecule has 0 aliphatic carbocycles. The molecule has 4 rings (SSSR count). The lowest BCUT2D eigenvalue weighted by Crippen LogP contribution is -2.40. The van der Waals surface area contributed by atoms with Gasteiger partial charge in [-0.1, -0.05) is 55.8 Å². The minimum atomic E-state index is -0.681. The Kier molecular flexibility index (Phi) is 4.35. The second-order valence-electron chi connectivity index (χ2n) is 7.47. The first-order valence-electron chi connectivity index (χ1n) is 9.46. The Labute approximate surface area is 154 Å². The zero-order chi connectivity index (χ0) is 18.3. The van der Waals surface area contributed by atoms with Crippen molar-refractivity contribution in [2.75, 3.05) is 13.2 Å². The first-order chi connectivity index (χ1) is 12.6. The van der Waals surface area contributed by atoms with Crippen molar-refractivity contribution in [2.24, 2.45) is 11.8 Å². The molecule has 2 fully saturated rings. The van der Waals surface area contributed by atoms with Crippen molar-refractivity contribution in [3.8, 4) is 0 Å². The maximum Gasteiger partial charge on any atom is 0.312 e. The summed E-state index contributed by atoms with van der Waals surface area (Å²) in [5.41, 5.74) is 0.400. The molecule has 138 valence electrons. The number of ether oxygens (including phenoxy) is 2. The van der Waals surface area contributed by atoms with E-state index in [9.17, 15) is 9.59 Å². The highest BCUT2D eigenvalue weighted by atomic mass is 16.6. The first kappa shape index (κ1) is 17.3. The quantitative estimate of drug-likeness (QED) is 0.447. The van der Waals surface area contributed by atoms with Gasteiger partial charge in [0.25, 0.3) is 0 Å². The van der Waals surface area contributed by atoms with Crippen LogP contribution in [0.15, 0.2) is 42.5 Å². The number of nitrogens with zero attached hydrogens (tertiary/aromatic N) is 1. The summed E-state index contributed by atoms with van der Waals surface area (Å²) >= 11 is 0. The average molecular weight is 355 g/mol. The van der Waals surface area contributed by atoms with Gasteiger partial charge in [0.15, 0.2) is 0 Å². The molecule has 0 N–H and O–H groups in total. The number of amides is 1. The van der Waals surface area contributed by atoms with Crippen LogP contribution in [0, 0.1) is 11.8 Å².